The summed E-state index contributed by atoms with van der Waals surface area (Å²) in [5.74, 6) is -0.631. The van der Waals surface area contributed by atoms with Crippen LogP contribution in [0.15, 0.2) is 17.5 Å². The summed E-state index contributed by atoms with van der Waals surface area (Å²) in [4.78, 5) is 29.9. The highest BCUT2D eigenvalue weighted by Crippen LogP contribution is 2.28. The van der Waals surface area contributed by atoms with Crippen LogP contribution in [0, 0.1) is 0 Å². The average molecular weight is 506 g/mol. The third kappa shape index (κ3) is 6.30. The van der Waals surface area contributed by atoms with Crippen LogP contribution >= 0.6 is 22.9 Å². The molecule has 2 aliphatic heterocycles. The molecule has 0 aliphatic carbocycles. The molecule has 178 valence electrons. The van der Waals surface area contributed by atoms with Gasteiger partial charge >= 0.3 is 0 Å². The molecule has 0 aromatic carbocycles. The van der Waals surface area contributed by atoms with Gasteiger partial charge in [0.15, 0.2) is 0 Å². The van der Waals surface area contributed by atoms with Gasteiger partial charge in [0.1, 0.15) is 12.1 Å². The van der Waals surface area contributed by atoms with Crippen molar-refractivity contribution in [2.45, 2.75) is 32.4 Å². The molecule has 1 aromatic heterocycles. The summed E-state index contributed by atoms with van der Waals surface area (Å²) in [6, 6.07) is 1.71. The quantitative estimate of drug-likeness (QED) is 0.546. The highest BCUT2D eigenvalue weighted by atomic mass is 35.5. The lowest BCUT2D eigenvalue weighted by Crippen LogP contribution is -2.55. The van der Waals surface area contributed by atoms with Crippen molar-refractivity contribution >= 4 is 50.3 Å². The van der Waals surface area contributed by atoms with Crippen molar-refractivity contribution in [2.24, 2.45) is 0 Å². The number of carbonyl (C=O) groups is 2. The fraction of sp³-hybridized carbons (Fsp3) is 0.600. The van der Waals surface area contributed by atoms with Gasteiger partial charge in [-0.1, -0.05) is 11.6 Å². The van der Waals surface area contributed by atoms with Gasteiger partial charge in [-0.15, -0.1) is 11.3 Å². The topological polar surface area (TPSA) is 105 Å². The number of likely N-dealkylation sites (tertiary alicyclic amines) is 1. The molecule has 0 spiro atoms. The number of carbonyl (C=O) groups excluding carboxylic acids is 2. The fourth-order valence-electron chi connectivity index (χ4n) is 3.69. The molecule has 0 radical (unpaired) electrons. The fourth-order valence-corrected chi connectivity index (χ4v) is 6.05. The van der Waals surface area contributed by atoms with E-state index in [4.69, 9.17) is 21.1 Å². The normalized spacial score (nSPS) is 21.3. The summed E-state index contributed by atoms with van der Waals surface area (Å²) in [7, 11) is -3.88. The monoisotopic (exact) mass is 505 g/mol. The van der Waals surface area contributed by atoms with Crippen molar-refractivity contribution in [3.63, 3.8) is 0 Å². The minimum absolute atomic E-state index is 0.0655. The number of ether oxygens (including phenoxy) is 2. The van der Waals surface area contributed by atoms with Crippen molar-refractivity contribution in [1.82, 2.24) is 14.5 Å². The van der Waals surface area contributed by atoms with Crippen LogP contribution in [0.4, 0.5) is 0 Å². The molecule has 3 rings (SSSR count). The Morgan fingerprint density at radius 1 is 1.38 bits per heavy atom. The summed E-state index contributed by atoms with van der Waals surface area (Å²) >= 11 is 7.20. The van der Waals surface area contributed by atoms with E-state index in [-0.39, 0.29) is 25.5 Å². The van der Waals surface area contributed by atoms with Crippen LogP contribution < -0.4 is 4.72 Å². The Bertz CT molecular complexity index is 958. The molecule has 3 heterocycles. The first-order valence-electron chi connectivity index (χ1n) is 10.4. The Hall–Kier alpha value is -1.50. The maximum Gasteiger partial charge on any atom is 0.247 e. The van der Waals surface area contributed by atoms with E-state index in [1.165, 1.54) is 16.2 Å². The second-order valence-corrected chi connectivity index (χ2v) is 10.8. The molecular weight excluding hydrogens is 478 g/mol. The molecular formula is C20H28ClN3O6S2. The number of sulfonamides is 1. The number of hydrogen-bond donors (Lipinski definition) is 1. The summed E-state index contributed by atoms with van der Waals surface area (Å²) in [5.41, 5.74) is 0.522. The number of nitrogens with one attached hydrogen (secondary N) is 1. The second kappa shape index (κ2) is 11.1. The van der Waals surface area contributed by atoms with Gasteiger partial charge in [-0.2, -0.15) is 4.72 Å². The molecule has 1 aromatic rings. The Labute approximate surface area is 197 Å². The summed E-state index contributed by atoms with van der Waals surface area (Å²) in [6.45, 7) is 6.03. The smallest absolute Gasteiger partial charge is 0.247 e. The highest BCUT2D eigenvalue weighted by Gasteiger charge is 2.41. The molecule has 32 heavy (non-hydrogen) atoms. The van der Waals surface area contributed by atoms with Crippen LogP contribution in [0.3, 0.4) is 0 Å². The number of allylic oxidation sites excluding steroid dienone is 1. The number of morpholine rings is 1. The summed E-state index contributed by atoms with van der Waals surface area (Å²) in [6.07, 6.45) is 0.273. The zero-order valence-corrected chi connectivity index (χ0v) is 20.5. The van der Waals surface area contributed by atoms with Gasteiger partial charge in [-0.05, 0) is 38.0 Å². The SMILES string of the molecule is CCOC[C@@H](C(=O)N1CCOCC1)N1CC[C@H](NS(=O)(=O)C=C(C)c2ccc(Cl)s2)C1=O. The van der Waals surface area contributed by atoms with Crippen LogP contribution in [-0.4, -0.2) is 88.2 Å². The van der Waals surface area contributed by atoms with Gasteiger partial charge < -0.3 is 19.3 Å². The van der Waals surface area contributed by atoms with Gasteiger partial charge in [0.25, 0.3) is 0 Å². The Morgan fingerprint density at radius 3 is 2.72 bits per heavy atom. The summed E-state index contributed by atoms with van der Waals surface area (Å²) < 4.78 is 39.1. The molecule has 2 atom stereocenters. The third-order valence-corrected chi connectivity index (χ3v) is 7.95. The predicted molar refractivity (Wildman–Crippen MR) is 123 cm³/mol. The van der Waals surface area contributed by atoms with E-state index < -0.39 is 28.0 Å². The molecule has 0 unspecified atom stereocenters. The molecule has 2 amide bonds. The molecule has 0 saturated carbocycles. The lowest BCUT2D eigenvalue weighted by molar-refractivity contribution is -0.149. The maximum absolute atomic E-state index is 13.1. The minimum atomic E-state index is -3.88. The molecule has 2 saturated heterocycles. The van der Waals surface area contributed by atoms with Crippen LogP contribution in [0.2, 0.25) is 4.34 Å². The van der Waals surface area contributed by atoms with Crippen molar-refractivity contribution in [1.29, 1.82) is 0 Å². The van der Waals surface area contributed by atoms with Crippen LogP contribution in [0.25, 0.3) is 5.57 Å². The molecule has 2 aliphatic rings. The van der Waals surface area contributed by atoms with E-state index in [1.54, 1.807) is 24.0 Å². The molecule has 0 bridgehead atoms. The Morgan fingerprint density at radius 2 is 2.09 bits per heavy atom. The van der Waals surface area contributed by atoms with Gasteiger partial charge in [0.05, 0.1) is 29.6 Å². The Balaban J connectivity index is 1.70. The minimum Gasteiger partial charge on any atom is -0.379 e. The summed E-state index contributed by atoms with van der Waals surface area (Å²) in [5, 5.41) is 1.10. The number of thiophene rings is 1. The van der Waals surface area contributed by atoms with E-state index in [9.17, 15) is 18.0 Å². The van der Waals surface area contributed by atoms with E-state index in [1.807, 2.05) is 6.92 Å². The van der Waals surface area contributed by atoms with Crippen molar-refractivity contribution < 1.29 is 27.5 Å². The van der Waals surface area contributed by atoms with Gasteiger partial charge in [0.2, 0.25) is 21.8 Å². The number of halogens is 1. The maximum atomic E-state index is 13.1. The first kappa shape index (κ1) is 25.1. The molecule has 9 nitrogen and oxygen atoms in total. The number of nitrogens with zero attached hydrogens (tertiary/aromatic N) is 2. The van der Waals surface area contributed by atoms with Crippen LogP contribution in [0.1, 0.15) is 25.1 Å². The highest BCUT2D eigenvalue weighted by molar-refractivity contribution is 7.92. The van der Waals surface area contributed by atoms with Crippen molar-refractivity contribution in [3.8, 4) is 0 Å². The largest absolute Gasteiger partial charge is 0.379 e. The second-order valence-electron chi connectivity index (χ2n) is 7.55. The molecule has 1 N–H and O–H groups in total. The number of amides is 2. The van der Waals surface area contributed by atoms with Gasteiger partial charge in [-0.25, -0.2) is 8.42 Å². The molecule has 12 heteroatoms. The van der Waals surface area contributed by atoms with E-state index in [0.717, 1.165) is 10.3 Å². The zero-order valence-electron chi connectivity index (χ0n) is 18.1. The first-order chi connectivity index (χ1) is 15.2. The lowest BCUT2D eigenvalue weighted by atomic mass is 10.2. The molecule has 2 fully saturated rings. The van der Waals surface area contributed by atoms with Gasteiger partial charge in [-0.3, -0.25) is 9.59 Å². The number of rotatable bonds is 9. The first-order valence-corrected chi connectivity index (χ1v) is 13.2. The van der Waals surface area contributed by atoms with Crippen molar-refractivity contribution in [3.05, 3.63) is 26.8 Å². The Kier molecular flexibility index (Phi) is 8.70. The van der Waals surface area contributed by atoms with Crippen LogP contribution in [0.5, 0.6) is 0 Å². The predicted octanol–water partition coefficient (Wildman–Crippen LogP) is 1.55. The van der Waals surface area contributed by atoms with Crippen LogP contribution in [-0.2, 0) is 29.1 Å². The number of hydrogen-bond acceptors (Lipinski definition) is 7. The standard InChI is InChI=1S/C20H28ClN3O6S2/c1-3-29-12-16(20(26)23-8-10-30-11-9-23)24-7-6-15(19(24)25)22-32(27,28)13-14(2)17-4-5-18(21)31-17/h4-5,13,15-16,22H,3,6-12H2,1-2H3/t15-,16-/m0/s1. The van der Waals surface area contributed by atoms with E-state index >= 15 is 0 Å². The van der Waals surface area contributed by atoms with E-state index in [2.05, 4.69) is 4.72 Å². The zero-order chi connectivity index (χ0) is 23.3. The van der Waals surface area contributed by atoms with Gasteiger partial charge in [0, 0.05) is 31.1 Å². The van der Waals surface area contributed by atoms with Crippen molar-refractivity contribution in [2.75, 3.05) is 46.1 Å². The van der Waals surface area contributed by atoms with E-state index in [0.29, 0.717) is 42.8 Å². The third-order valence-electron chi connectivity index (χ3n) is 5.30. The lowest BCUT2D eigenvalue weighted by Gasteiger charge is -2.34. The average Bonchev–Trinajstić information content (AvgIpc) is 3.35.